The van der Waals surface area contributed by atoms with Gasteiger partial charge in [-0.1, -0.05) is 26.7 Å². The Morgan fingerprint density at radius 1 is 1.30 bits per heavy atom. The van der Waals surface area contributed by atoms with Crippen LogP contribution in [0.4, 0.5) is 4.79 Å². The predicted octanol–water partition coefficient (Wildman–Crippen LogP) is 1.30. The Kier molecular flexibility index (Phi) is 6.78. The Bertz CT molecular complexity index is 334. The van der Waals surface area contributed by atoms with Gasteiger partial charge in [-0.25, -0.2) is 4.79 Å². The molecule has 6 nitrogen and oxygen atoms in total. The van der Waals surface area contributed by atoms with E-state index in [2.05, 4.69) is 10.6 Å². The van der Waals surface area contributed by atoms with Gasteiger partial charge in [0, 0.05) is 18.6 Å². The lowest BCUT2D eigenvalue weighted by Gasteiger charge is -2.29. The predicted molar refractivity (Wildman–Crippen MR) is 77.3 cm³/mol. The number of hydrogen-bond acceptors (Lipinski definition) is 3. The van der Waals surface area contributed by atoms with E-state index in [9.17, 15) is 9.59 Å². The Morgan fingerprint density at radius 3 is 2.50 bits per heavy atom. The van der Waals surface area contributed by atoms with E-state index >= 15 is 0 Å². The van der Waals surface area contributed by atoms with Crippen LogP contribution in [0.15, 0.2) is 0 Å². The molecular formula is C14H27N3O3. The first-order chi connectivity index (χ1) is 9.40. The number of hydrogen-bond donors (Lipinski definition) is 4. The summed E-state index contributed by atoms with van der Waals surface area (Å²) in [4.78, 5) is 22.9. The summed E-state index contributed by atoms with van der Waals surface area (Å²) in [7, 11) is 0. The van der Waals surface area contributed by atoms with Gasteiger partial charge in [-0.2, -0.15) is 0 Å². The minimum atomic E-state index is -0.867. The maximum Gasteiger partial charge on any atom is 0.315 e. The fourth-order valence-corrected chi connectivity index (χ4v) is 2.61. The molecular weight excluding hydrogens is 258 g/mol. The maximum atomic E-state index is 11.8. The molecule has 1 aliphatic rings. The molecule has 0 aliphatic heterocycles. The van der Waals surface area contributed by atoms with Gasteiger partial charge in [-0.15, -0.1) is 0 Å². The highest BCUT2D eigenvalue weighted by molar-refractivity contribution is 5.76. The largest absolute Gasteiger partial charge is 0.481 e. The minimum absolute atomic E-state index is 0.000403. The van der Waals surface area contributed by atoms with Crippen molar-refractivity contribution in [3.8, 4) is 0 Å². The van der Waals surface area contributed by atoms with Crippen LogP contribution in [0.25, 0.3) is 0 Å². The number of nitrogens with one attached hydrogen (secondary N) is 2. The second-order valence-electron chi connectivity index (χ2n) is 6.07. The highest BCUT2D eigenvalue weighted by Crippen LogP contribution is 2.16. The van der Waals surface area contributed by atoms with Crippen molar-refractivity contribution in [2.45, 2.75) is 58.0 Å². The van der Waals surface area contributed by atoms with Gasteiger partial charge in [-0.05, 0) is 25.2 Å². The normalized spacial score (nSPS) is 24.2. The number of rotatable bonds is 6. The molecule has 0 aromatic carbocycles. The number of aliphatic carboxylic acids is 1. The third-order valence-corrected chi connectivity index (χ3v) is 3.75. The fraction of sp³-hybridized carbons (Fsp3) is 0.857. The summed E-state index contributed by atoms with van der Waals surface area (Å²) in [6, 6.07) is -0.320. The van der Waals surface area contributed by atoms with E-state index in [1.54, 1.807) is 0 Å². The van der Waals surface area contributed by atoms with Gasteiger partial charge in [0.1, 0.15) is 0 Å². The Morgan fingerprint density at radius 2 is 1.95 bits per heavy atom. The molecule has 116 valence electrons. The molecule has 0 aromatic heterocycles. The molecule has 1 aliphatic carbocycles. The minimum Gasteiger partial charge on any atom is -0.481 e. The van der Waals surface area contributed by atoms with Crippen molar-refractivity contribution in [3.63, 3.8) is 0 Å². The van der Waals surface area contributed by atoms with Crippen molar-refractivity contribution < 1.29 is 14.7 Å². The first kappa shape index (κ1) is 16.8. The van der Waals surface area contributed by atoms with Crippen molar-refractivity contribution in [1.82, 2.24) is 10.6 Å². The average molecular weight is 285 g/mol. The average Bonchev–Trinajstić information content (AvgIpc) is 2.36. The van der Waals surface area contributed by atoms with E-state index in [0.717, 1.165) is 25.7 Å². The molecule has 0 saturated heterocycles. The lowest BCUT2D eigenvalue weighted by molar-refractivity contribution is -0.142. The molecule has 1 saturated carbocycles. The van der Waals surface area contributed by atoms with E-state index in [1.807, 2.05) is 13.8 Å². The van der Waals surface area contributed by atoms with Crippen molar-refractivity contribution in [3.05, 3.63) is 0 Å². The molecule has 1 fully saturated rings. The van der Waals surface area contributed by atoms with Crippen molar-refractivity contribution in [2.75, 3.05) is 6.54 Å². The molecule has 0 aromatic rings. The molecule has 2 amide bonds. The van der Waals surface area contributed by atoms with Gasteiger partial charge in [0.25, 0.3) is 0 Å². The van der Waals surface area contributed by atoms with Crippen LogP contribution in [0, 0.1) is 11.8 Å². The Balaban J connectivity index is 2.35. The maximum absolute atomic E-state index is 11.8. The summed E-state index contributed by atoms with van der Waals surface area (Å²) in [5.74, 6) is -1.12. The van der Waals surface area contributed by atoms with Crippen LogP contribution in [0.5, 0.6) is 0 Å². The standard InChI is InChI=1S/C14H27N3O3/c1-9(2)7-10(13(18)19)8-16-14(20)17-12-6-4-3-5-11(12)15/h9-12H,3-8,15H2,1-2H3,(H,18,19)(H2,16,17,20). The number of amides is 2. The summed E-state index contributed by atoms with van der Waals surface area (Å²) >= 11 is 0. The quantitative estimate of drug-likeness (QED) is 0.590. The van der Waals surface area contributed by atoms with Crippen LogP contribution < -0.4 is 16.4 Å². The van der Waals surface area contributed by atoms with E-state index < -0.39 is 11.9 Å². The second-order valence-corrected chi connectivity index (χ2v) is 6.07. The zero-order chi connectivity index (χ0) is 15.1. The van der Waals surface area contributed by atoms with Gasteiger partial charge in [0.05, 0.1) is 5.92 Å². The van der Waals surface area contributed by atoms with Crippen LogP contribution in [0.1, 0.15) is 46.0 Å². The van der Waals surface area contributed by atoms with Crippen LogP contribution in [0.2, 0.25) is 0 Å². The number of nitrogens with two attached hydrogens (primary N) is 1. The lowest BCUT2D eigenvalue weighted by Crippen LogP contribution is -2.52. The van der Waals surface area contributed by atoms with Crippen LogP contribution in [-0.2, 0) is 4.79 Å². The van der Waals surface area contributed by atoms with Crippen LogP contribution in [-0.4, -0.2) is 35.7 Å². The molecule has 0 bridgehead atoms. The first-order valence-electron chi connectivity index (χ1n) is 7.43. The highest BCUT2D eigenvalue weighted by atomic mass is 16.4. The van der Waals surface area contributed by atoms with E-state index in [0.29, 0.717) is 6.42 Å². The molecule has 0 radical (unpaired) electrons. The molecule has 6 heteroatoms. The van der Waals surface area contributed by atoms with Crippen LogP contribution >= 0.6 is 0 Å². The summed E-state index contributed by atoms with van der Waals surface area (Å²) in [5, 5.41) is 14.6. The lowest BCUT2D eigenvalue weighted by atomic mass is 9.91. The molecule has 3 unspecified atom stereocenters. The van der Waals surface area contributed by atoms with Gasteiger partial charge >= 0.3 is 12.0 Å². The zero-order valence-corrected chi connectivity index (χ0v) is 12.4. The Hall–Kier alpha value is -1.30. The number of carboxylic acid groups (broad SMARTS) is 1. The van der Waals surface area contributed by atoms with Crippen molar-refractivity contribution in [1.29, 1.82) is 0 Å². The van der Waals surface area contributed by atoms with E-state index in [-0.39, 0.29) is 30.6 Å². The van der Waals surface area contributed by atoms with Gasteiger partial charge in [0.2, 0.25) is 0 Å². The number of urea groups is 1. The highest BCUT2D eigenvalue weighted by Gasteiger charge is 2.24. The Labute approximate surface area is 120 Å². The SMILES string of the molecule is CC(C)CC(CNC(=O)NC1CCCCC1N)C(=O)O. The third kappa shape index (κ3) is 5.77. The molecule has 5 N–H and O–H groups in total. The van der Waals surface area contributed by atoms with Gasteiger partial charge < -0.3 is 21.5 Å². The molecule has 0 spiro atoms. The molecule has 1 rings (SSSR count). The first-order valence-corrected chi connectivity index (χ1v) is 7.43. The summed E-state index contributed by atoms with van der Waals surface area (Å²) < 4.78 is 0. The van der Waals surface area contributed by atoms with Crippen molar-refractivity contribution >= 4 is 12.0 Å². The molecule has 0 heterocycles. The second kappa shape index (κ2) is 8.09. The molecule has 20 heavy (non-hydrogen) atoms. The van der Waals surface area contributed by atoms with Gasteiger partial charge in [-0.3, -0.25) is 4.79 Å². The van der Waals surface area contributed by atoms with Crippen molar-refractivity contribution in [2.24, 2.45) is 17.6 Å². The summed E-state index contributed by atoms with van der Waals surface area (Å²) in [6.07, 6.45) is 4.55. The summed E-state index contributed by atoms with van der Waals surface area (Å²) in [6.45, 7) is 4.09. The number of carbonyl (C=O) groups is 2. The monoisotopic (exact) mass is 285 g/mol. The smallest absolute Gasteiger partial charge is 0.315 e. The topological polar surface area (TPSA) is 104 Å². The number of carbonyl (C=O) groups excluding carboxylic acids is 1. The van der Waals surface area contributed by atoms with E-state index in [4.69, 9.17) is 10.8 Å². The fourth-order valence-electron chi connectivity index (χ4n) is 2.61. The zero-order valence-electron chi connectivity index (χ0n) is 12.4. The summed E-state index contributed by atoms with van der Waals surface area (Å²) in [5.41, 5.74) is 5.96. The molecule has 3 atom stereocenters. The van der Waals surface area contributed by atoms with E-state index in [1.165, 1.54) is 0 Å². The van der Waals surface area contributed by atoms with Crippen LogP contribution in [0.3, 0.4) is 0 Å². The number of carboxylic acids is 1. The third-order valence-electron chi connectivity index (χ3n) is 3.75. The van der Waals surface area contributed by atoms with Gasteiger partial charge in [0.15, 0.2) is 0 Å².